The van der Waals surface area contributed by atoms with Crippen LogP contribution in [0.4, 0.5) is 0 Å². The largest absolute Gasteiger partial charge is 0.497 e. The van der Waals surface area contributed by atoms with Gasteiger partial charge in [0, 0.05) is 17.0 Å². The number of hydrogen-bond acceptors (Lipinski definition) is 2. The fourth-order valence-corrected chi connectivity index (χ4v) is 1.81. The van der Waals surface area contributed by atoms with Crippen molar-refractivity contribution in [3.8, 4) is 5.75 Å². The smallest absolute Gasteiger partial charge is 0.167 e. The number of rotatable bonds is 4. The van der Waals surface area contributed by atoms with Crippen LogP contribution in [-0.4, -0.2) is 12.9 Å². The molecular formula is C15H13ClO2. The maximum Gasteiger partial charge on any atom is 0.167 e. The molecule has 0 aromatic heterocycles. The lowest BCUT2D eigenvalue weighted by Crippen LogP contribution is -2.03. The number of halogens is 1. The molecule has 2 rings (SSSR count). The Morgan fingerprint density at radius 2 is 1.89 bits per heavy atom. The highest BCUT2D eigenvalue weighted by Gasteiger charge is 2.07. The van der Waals surface area contributed by atoms with Gasteiger partial charge >= 0.3 is 0 Å². The van der Waals surface area contributed by atoms with Gasteiger partial charge in [0.25, 0.3) is 0 Å². The van der Waals surface area contributed by atoms with Crippen LogP contribution in [0.2, 0.25) is 5.02 Å². The Bertz CT molecular complexity index is 547. The zero-order valence-electron chi connectivity index (χ0n) is 10.0. The highest BCUT2D eigenvalue weighted by molar-refractivity contribution is 6.30. The molecule has 0 bridgehead atoms. The van der Waals surface area contributed by atoms with E-state index in [9.17, 15) is 4.79 Å². The first-order valence-electron chi connectivity index (χ1n) is 5.61. The summed E-state index contributed by atoms with van der Waals surface area (Å²) in [5.74, 6) is 0.758. The van der Waals surface area contributed by atoms with E-state index in [-0.39, 0.29) is 5.78 Å². The van der Waals surface area contributed by atoms with Crippen molar-refractivity contribution in [1.29, 1.82) is 0 Å². The number of carbonyl (C=O) groups is 1. The van der Waals surface area contributed by atoms with Crippen molar-refractivity contribution in [2.24, 2.45) is 0 Å². The van der Waals surface area contributed by atoms with Crippen molar-refractivity contribution < 1.29 is 9.53 Å². The van der Waals surface area contributed by atoms with Gasteiger partial charge in [0.05, 0.1) is 7.11 Å². The number of methoxy groups -OCH3 is 1. The van der Waals surface area contributed by atoms with Crippen molar-refractivity contribution in [1.82, 2.24) is 0 Å². The molecule has 3 heteroatoms. The van der Waals surface area contributed by atoms with Gasteiger partial charge in [0.15, 0.2) is 5.78 Å². The van der Waals surface area contributed by atoms with E-state index in [1.807, 2.05) is 24.3 Å². The van der Waals surface area contributed by atoms with E-state index in [1.54, 1.807) is 31.4 Å². The number of ether oxygens (including phenoxy) is 1. The first kappa shape index (κ1) is 12.7. The van der Waals surface area contributed by atoms with Gasteiger partial charge in [-0.15, -0.1) is 0 Å². The van der Waals surface area contributed by atoms with Crippen molar-refractivity contribution in [3.63, 3.8) is 0 Å². The van der Waals surface area contributed by atoms with Crippen molar-refractivity contribution in [3.05, 3.63) is 64.7 Å². The fraction of sp³-hybridized carbons (Fsp3) is 0.133. The number of carbonyl (C=O) groups excluding carboxylic acids is 1. The molecule has 0 unspecified atom stereocenters. The molecule has 0 radical (unpaired) electrons. The zero-order chi connectivity index (χ0) is 13.0. The average Bonchev–Trinajstić information content (AvgIpc) is 2.41. The molecule has 0 heterocycles. The zero-order valence-corrected chi connectivity index (χ0v) is 10.8. The molecule has 0 saturated carbocycles. The van der Waals surface area contributed by atoms with Crippen molar-refractivity contribution in [2.75, 3.05) is 7.11 Å². The third-order valence-corrected chi connectivity index (χ3v) is 2.92. The van der Waals surface area contributed by atoms with E-state index >= 15 is 0 Å². The molecule has 0 atom stereocenters. The Hall–Kier alpha value is -1.80. The monoisotopic (exact) mass is 260 g/mol. The highest BCUT2D eigenvalue weighted by atomic mass is 35.5. The minimum Gasteiger partial charge on any atom is -0.497 e. The van der Waals surface area contributed by atoms with Crippen molar-refractivity contribution in [2.45, 2.75) is 6.42 Å². The summed E-state index contributed by atoms with van der Waals surface area (Å²) < 4.78 is 5.10. The molecule has 0 spiro atoms. The number of Topliss-reactive ketones (excluding diaryl/α,β-unsaturated/α-hetero) is 1. The van der Waals surface area contributed by atoms with E-state index in [0.717, 1.165) is 5.56 Å². The molecule has 0 amide bonds. The summed E-state index contributed by atoms with van der Waals surface area (Å²) in [6.45, 7) is 0. The molecule has 0 aliphatic heterocycles. The standard InChI is InChI=1S/C15H13ClO2/c1-18-14-4-2-3-12(10-14)15(17)9-11-5-7-13(16)8-6-11/h2-8,10H,9H2,1H3. The summed E-state index contributed by atoms with van der Waals surface area (Å²) in [6, 6.07) is 14.5. The molecule has 2 nitrogen and oxygen atoms in total. The van der Waals surface area contributed by atoms with E-state index in [4.69, 9.17) is 16.3 Å². The first-order valence-corrected chi connectivity index (χ1v) is 5.98. The lowest BCUT2D eigenvalue weighted by Gasteiger charge is -2.04. The molecule has 92 valence electrons. The van der Waals surface area contributed by atoms with Crippen LogP contribution in [0.15, 0.2) is 48.5 Å². The molecule has 0 fully saturated rings. The summed E-state index contributed by atoms with van der Waals surface area (Å²) in [5, 5.41) is 0.674. The highest BCUT2D eigenvalue weighted by Crippen LogP contribution is 2.16. The second-order valence-corrected chi connectivity index (χ2v) is 4.39. The van der Waals surface area contributed by atoms with E-state index in [2.05, 4.69) is 0 Å². The lowest BCUT2D eigenvalue weighted by atomic mass is 10.0. The topological polar surface area (TPSA) is 26.3 Å². The maximum atomic E-state index is 12.1. The molecule has 0 aliphatic rings. The van der Waals surface area contributed by atoms with Gasteiger partial charge in [-0.25, -0.2) is 0 Å². The third kappa shape index (κ3) is 3.11. The van der Waals surface area contributed by atoms with E-state index < -0.39 is 0 Å². The van der Waals surface area contributed by atoms with Gasteiger partial charge in [-0.1, -0.05) is 35.9 Å². The molecule has 2 aromatic carbocycles. The maximum absolute atomic E-state index is 12.1. The molecule has 2 aromatic rings. The Morgan fingerprint density at radius 1 is 1.17 bits per heavy atom. The fourth-order valence-electron chi connectivity index (χ4n) is 1.69. The van der Waals surface area contributed by atoms with Crippen LogP contribution < -0.4 is 4.74 Å². The second-order valence-electron chi connectivity index (χ2n) is 3.96. The van der Waals surface area contributed by atoms with Crippen LogP contribution in [0.25, 0.3) is 0 Å². The van der Waals surface area contributed by atoms with Gasteiger partial charge in [0.1, 0.15) is 5.75 Å². The third-order valence-electron chi connectivity index (χ3n) is 2.67. The van der Waals surface area contributed by atoms with Crippen LogP contribution >= 0.6 is 11.6 Å². The summed E-state index contributed by atoms with van der Waals surface area (Å²) in [6.07, 6.45) is 0.365. The normalized spacial score (nSPS) is 10.1. The molecule has 0 saturated heterocycles. The first-order chi connectivity index (χ1) is 8.69. The Kier molecular flexibility index (Phi) is 4.00. The summed E-state index contributed by atoms with van der Waals surface area (Å²) in [5.41, 5.74) is 1.61. The van der Waals surface area contributed by atoms with Crippen LogP contribution in [0.1, 0.15) is 15.9 Å². The van der Waals surface area contributed by atoms with Crippen LogP contribution in [-0.2, 0) is 6.42 Å². The molecule has 18 heavy (non-hydrogen) atoms. The predicted octanol–water partition coefficient (Wildman–Crippen LogP) is 3.77. The van der Waals surface area contributed by atoms with E-state index in [1.165, 1.54) is 0 Å². The molecular weight excluding hydrogens is 248 g/mol. The number of hydrogen-bond donors (Lipinski definition) is 0. The van der Waals surface area contributed by atoms with Gasteiger partial charge < -0.3 is 4.74 Å². The minimum atomic E-state index is 0.0659. The van der Waals surface area contributed by atoms with Gasteiger partial charge in [-0.05, 0) is 29.8 Å². The van der Waals surface area contributed by atoms with Gasteiger partial charge in [0.2, 0.25) is 0 Å². The lowest BCUT2D eigenvalue weighted by molar-refractivity contribution is 0.0992. The number of ketones is 1. The Balaban J connectivity index is 2.14. The molecule has 0 N–H and O–H groups in total. The Morgan fingerprint density at radius 3 is 2.56 bits per heavy atom. The quantitative estimate of drug-likeness (QED) is 0.782. The van der Waals surface area contributed by atoms with Gasteiger partial charge in [-0.2, -0.15) is 0 Å². The minimum absolute atomic E-state index is 0.0659. The predicted molar refractivity (Wildman–Crippen MR) is 72.5 cm³/mol. The Labute approximate surface area is 111 Å². The molecule has 0 aliphatic carbocycles. The van der Waals surface area contributed by atoms with Gasteiger partial charge in [-0.3, -0.25) is 4.79 Å². The average molecular weight is 261 g/mol. The van der Waals surface area contributed by atoms with E-state index in [0.29, 0.717) is 22.8 Å². The summed E-state index contributed by atoms with van der Waals surface area (Å²) >= 11 is 5.80. The van der Waals surface area contributed by atoms with Crippen molar-refractivity contribution >= 4 is 17.4 Å². The van der Waals surface area contributed by atoms with Crippen LogP contribution in [0.3, 0.4) is 0 Å². The SMILES string of the molecule is COc1cccc(C(=O)Cc2ccc(Cl)cc2)c1. The van der Waals surface area contributed by atoms with Crippen LogP contribution in [0, 0.1) is 0 Å². The summed E-state index contributed by atoms with van der Waals surface area (Å²) in [7, 11) is 1.59. The van der Waals surface area contributed by atoms with Crippen LogP contribution in [0.5, 0.6) is 5.75 Å². The second kappa shape index (κ2) is 5.69. The number of benzene rings is 2. The summed E-state index contributed by atoms with van der Waals surface area (Å²) in [4.78, 5) is 12.1.